The number of pyridine rings is 1. The molecule has 0 aliphatic carbocycles. The predicted octanol–water partition coefficient (Wildman–Crippen LogP) is 0.879. The molecule has 1 unspecified atom stereocenters. The Morgan fingerprint density at radius 3 is 2.77 bits per heavy atom. The SMILES string of the molecule is CCNC(=O)c1cc(NC(C)CN2CCN(C)CC2)ccn1. The van der Waals surface area contributed by atoms with Crippen LogP contribution in [-0.2, 0) is 0 Å². The van der Waals surface area contributed by atoms with E-state index < -0.39 is 0 Å². The maximum atomic E-state index is 11.8. The molecule has 6 heteroatoms. The molecule has 0 spiro atoms. The van der Waals surface area contributed by atoms with Gasteiger partial charge in [-0.05, 0) is 33.0 Å². The molecule has 1 aliphatic rings. The molecular formula is C16H27N5O. The highest BCUT2D eigenvalue weighted by atomic mass is 16.1. The molecule has 1 saturated heterocycles. The number of piperazine rings is 1. The maximum Gasteiger partial charge on any atom is 0.269 e. The van der Waals surface area contributed by atoms with Crippen molar-refractivity contribution in [3.05, 3.63) is 24.0 Å². The summed E-state index contributed by atoms with van der Waals surface area (Å²) >= 11 is 0. The quantitative estimate of drug-likeness (QED) is 0.817. The average molecular weight is 305 g/mol. The van der Waals surface area contributed by atoms with Gasteiger partial charge in [-0.1, -0.05) is 0 Å². The second-order valence-electron chi connectivity index (χ2n) is 5.94. The number of likely N-dealkylation sites (N-methyl/N-ethyl adjacent to an activating group) is 1. The van der Waals surface area contributed by atoms with E-state index >= 15 is 0 Å². The van der Waals surface area contributed by atoms with Crippen molar-refractivity contribution < 1.29 is 4.79 Å². The molecule has 122 valence electrons. The normalized spacial score (nSPS) is 18.0. The van der Waals surface area contributed by atoms with Gasteiger partial charge in [-0.25, -0.2) is 0 Å². The van der Waals surface area contributed by atoms with Gasteiger partial charge in [0.2, 0.25) is 0 Å². The number of amides is 1. The lowest BCUT2D eigenvalue weighted by Crippen LogP contribution is -2.47. The zero-order chi connectivity index (χ0) is 15.9. The van der Waals surface area contributed by atoms with Crippen LogP contribution in [0.4, 0.5) is 5.69 Å². The third-order valence-corrected chi connectivity index (χ3v) is 3.87. The number of carbonyl (C=O) groups excluding carboxylic acids is 1. The fraction of sp³-hybridized carbons (Fsp3) is 0.625. The molecule has 0 radical (unpaired) electrons. The molecule has 0 aromatic carbocycles. The van der Waals surface area contributed by atoms with E-state index in [9.17, 15) is 4.79 Å². The molecule has 2 rings (SSSR count). The molecule has 0 saturated carbocycles. The van der Waals surface area contributed by atoms with E-state index in [4.69, 9.17) is 0 Å². The van der Waals surface area contributed by atoms with Gasteiger partial charge >= 0.3 is 0 Å². The molecule has 2 heterocycles. The standard InChI is InChI=1S/C16H27N5O/c1-4-17-16(22)15-11-14(5-6-18-15)19-13(2)12-21-9-7-20(3)8-10-21/h5-6,11,13H,4,7-10,12H2,1-3H3,(H,17,22)(H,18,19). The molecule has 1 aromatic rings. The zero-order valence-corrected chi connectivity index (χ0v) is 13.8. The summed E-state index contributed by atoms with van der Waals surface area (Å²) in [4.78, 5) is 20.8. The van der Waals surface area contributed by atoms with Crippen molar-refractivity contribution in [2.45, 2.75) is 19.9 Å². The van der Waals surface area contributed by atoms with Crippen molar-refractivity contribution >= 4 is 11.6 Å². The largest absolute Gasteiger partial charge is 0.381 e. The van der Waals surface area contributed by atoms with E-state index in [0.717, 1.165) is 38.4 Å². The van der Waals surface area contributed by atoms with Crippen molar-refractivity contribution in [1.29, 1.82) is 0 Å². The number of aromatic nitrogens is 1. The first-order chi connectivity index (χ1) is 10.6. The van der Waals surface area contributed by atoms with E-state index in [1.165, 1.54) is 0 Å². The molecule has 1 atom stereocenters. The summed E-state index contributed by atoms with van der Waals surface area (Å²) in [6.45, 7) is 10.2. The van der Waals surface area contributed by atoms with Crippen molar-refractivity contribution in [2.24, 2.45) is 0 Å². The summed E-state index contributed by atoms with van der Waals surface area (Å²) in [5.41, 5.74) is 1.40. The summed E-state index contributed by atoms with van der Waals surface area (Å²) in [7, 11) is 2.17. The number of hydrogen-bond acceptors (Lipinski definition) is 5. The number of nitrogens with one attached hydrogen (secondary N) is 2. The molecule has 0 bridgehead atoms. The molecule has 1 fully saturated rings. The van der Waals surface area contributed by atoms with Crippen LogP contribution in [-0.4, -0.2) is 73.0 Å². The maximum absolute atomic E-state index is 11.8. The van der Waals surface area contributed by atoms with Crippen molar-refractivity contribution in [1.82, 2.24) is 20.1 Å². The highest BCUT2D eigenvalue weighted by Gasteiger charge is 2.16. The average Bonchev–Trinajstić information content (AvgIpc) is 2.50. The fourth-order valence-corrected chi connectivity index (χ4v) is 2.64. The van der Waals surface area contributed by atoms with Crippen LogP contribution in [0.15, 0.2) is 18.3 Å². The first kappa shape index (κ1) is 16.7. The van der Waals surface area contributed by atoms with E-state index in [0.29, 0.717) is 18.3 Å². The van der Waals surface area contributed by atoms with Crippen LogP contribution in [0, 0.1) is 0 Å². The lowest BCUT2D eigenvalue weighted by atomic mass is 10.2. The minimum atomic E-state index is -0.127. The van der Waals surface area contributed by atoms with Crippen LogP contribution in [0.5, 0.6) is 0 Å². The summed E-state index contributed by atoms with van der Waals surface area (Å²) in [6.07, 6.45) is 1.68. The zero-order valence-electron chi connectivity index (χ0n) is 13.8. The molecule has 1 aromatic heterocycles. The van der Waals surface area contributed by atoms with Crippen molar-refractivity contribution in [3.63, 3.8) is 0 Å². The Morgan fingerprint density at radius 2 is 2.09 bits per heavy atom. The molecule has 2 N–H and O–H groups in total. The molecule has 22 heavy (non-hydrogen) atoms. The molecular weight excluding hydrogens is 278 g/mol. The summed E-state index contributed by atoms with van der Waals surface area (Å²) < 4.78 is 0. The van der Waals surface area contributed by atoms with Gasteiger partial charge in [0.15, 0.2) is 0 Å². The van der Waals surface area contributed by atoms with Crippen molar-refractivity contribution in [3.8, 4) is 0 Å². The number of carbonyl (C=O) groups is 1. The minimum Gasteiger partial charge on any atom is -0.381 e. The number of hydrogen-bond donors (Lipinski definition) is 2. The Bertz CT molecular complexity index is 485. The highest BCUT2D eigenvalue weighted by Crippen LogP contribution is 2.11. The Kier molecular flexibility index (Phi) is 6.15. The monoisotopic (exact) mass is 305 g/mol. The van der Waals surface area contributed by atoms with Gasteiger partial charge in [0.25, 0.3) is 5.91 Å². The summed E-state index contributed by atoms with van der Waals surface area (Å²) in [5, 5.41) is 6.23. The highest BCUT2D eigenvalue weighted by molar-refractivity contribution is 5.93. The van der Waals surface area contributed by atoms with Gasteiger partial charge in [0.05, 0.1) is 0 Å². The van der Waals surface area contributed by atoms with Crippen molar-refractivity contribution in [2.75, 3.05) is 51.6 Å². The van der Waals surface area contributed by atoms with Crippen LogP contribution in [0.3, 0.4) is 0 Å². The van der Waals surface area contributed by atoms with Gasteiger partial charge in [0.1, 0.15) is 5.69 Å². The predicted molar refractivity (Wildman–Crippen MR) is 89.3 cm³/mol. The lowest BCUT2D eigenvalue weighted by Gasteiger charge is -2.34. The van der Waals surface area contributed by atoms with Gasteiger partial charge in [0, 0.05) is 57.2 Å². The van der Waals surface area contributed by atoms with Gasteiger partial charge in [-0.2, -0.15) is 0 Å². The third kappa shape index (κ3) is 4.96. The van der Waals surface area contributed by atoms with Gasteiger partial charge in [-0.3, -0.25) is 14.7 Å². The van der Waals surface area contributed by atoms with Gasteiger partial charge < -0.3 is 15.5 Å². The summed E-state index contributed by atoms with van der Waals surface area (Å²) in [6, 6.07) is 4.04. The van der Waals surface area contributed by atoms with E-state index in [2.05, 4.69) is 39.4 Å². The molecule has 6 nitrogen and oxygen atoms in total. The molecule has 1 aliphatic heterocycles. The Balaban J connectivity index is 1.87. The third-order valence-electron chi connectivity index (χ3n) is 3.87. The Labute approximate surface area is 132 Å². The smallest absolute Gasteiger partial charge is 0.269 e. The number of anilines is 1. The molecule has 1 amide bonds. The second kappa shape index (κ2) is 8.10. The van der Waals surface area contributed by atoms with E-state index in [1.54, 1.807) is 6.20 Å². The van der Waals surface area contributed by atoms with Crippen LogP contribution < -0.4 is 10.6 Å². The number of nitrogens with zero attached hydrogens (tertiary/aromatic N) is 3. The summed E-state index contributed by atoms with van der Waals surface area (Å²) in [5.74, 6) is -0.127. The first-order valence-electron chi connectivity index (χ1n) is 8.00. The fourth-order valence-electron chi connectivity index (χ4n) is 2.64. The first-order valence-corrected chi connectivity index (χ1v) is 8.00. The van der Waals surface area contributed by atoms with Gasteiger partial charge in [-0.15, -0.1) is 0 Å². The topological polar surface area (TPSA) is 60.5 Å². The van der Waals surface area contributed by atoms with E-state index in [1.807, 2.05) is 19.1 Å². The Hall–Kier alpha value is -1.66. The number of rotatable bonds is 6. The Morgan fingerprint density at radius 1 is 1.36 bits per heavy atom. The minimum absolute atomic E-state index is 0.127. The van der Waals surface area contributed by atoms with E-state index in [-0.39, 0.29) is 5.91 Å². The van der Waals surface area contributed by atoms with Crippen LogP contribution in [0.2, 0.25) is 0 Å². The van der Waals surface area contributed by atoms with Crippen LogP contribution in [0.1, 0.15) is 24.3 Å². The lowest BCUT2D eigenvalue weighted by molar-refractivity contribution is 0.0951. The second-order valence-corrected chi connectivity index (χ2v) is 5.94. The van der Waals surface area contributed by atoms with Crippen LogP contribution in [0.25, 0.3) is 0 Å². The van der Waals surface area contributed by atoms with Crippen LogP contribution >= 0.6 is 0 Å².